The van der Waals surface area contributed by atoms with Crippen molar-refractivity contribution < 1.29 is 4.79 Å². The second-order valence-corrected chi connectivity index (χ2v) is 6.09. The van der Waals surface area contributed by atoms with E-state index < -0.39 is 0 Å². The first-order valence-electron chi connectivity index (χ1n) is 8.42. The Bertz CT molecular complexity index is 814. The maximum atomic E-state index is 13.0. The summed E-state index contributed by atoms with van der Waals surface area (Å²) >= 11 is 0. The summed E-state index contributed by atoms with van der Waals surface area (Å²) in [5, 5.41) is 3.01. The van der Waals surface area contributed by atoms with E-state index in [2.05, 4.69) is 5.32 Å². The monoisotopic (exact) mass is 330 g/mol. The van der Waals surface area contributed by atoms with Crippen LogP contribution in [-0.2, 0) is 0 Å². The molecule has 126 valence electrons. The number of para-hydroxylation sites is 1. The average Bonchev–Trinajstić information content (AvgIpc) is 2.65. The maximum Gasteiger partial charge on any atom is 0.326 e. The molecule has 3 aromatic carbocycles. The molecule has 3 heteroatoms. The summed E-state index contributed by atoms with van der Waals surface area (Å²) in [5.41, 5.74) is 3.90. The number of anilines is 2. The van der Waals surface area contributed by atoms with E-state index >= 15 is 0 Å². The average molecular weight is 330 g/mol. The van der Waals surface area contributed by atoms with E-state index in [1.807, 2.05) is 98.8 Å². The Morgan fingerprint density at radius 3 is 2.00 bits per heavy atom. The van der Waals surface area contributed by atoms with Crippen LogP contribution < -0.4 is 10.2 Å². The van der Waals surface area contributed by atoms with E-state index in [1.54, 1.807) is 4.90 Å². The van der Waals surface area contributed by atoms with Crippen molar-refractivity contribution in [3.05, 3.63) is 96.1 Å². The van der Waals surface area contributed by atoms with Gasteiger partial charge in [0.2, 0.25) is 0 Å². The van der Waals surface area contributed by atoms with Gasteiger partial charge in [-0.1, -0.05) is 66.2 Å². The van der Waals surface area contributed by atoms with Crippen molar-refractivity contribution in [2.45, 2.75) is 19.9 Å². The molecule has 1 N–H and O–H groups in total. The fourth-order valence-corrected chi connectivity index (χ4v) is 2.81. The minimum Gasteiger partial charge on any atom is -0.308 e. The van der Waals surface area contributed by atoms with Crippen LogP contribution in [0.3, 0.4) is 0 Å². The number of hydrogen-bond donors (Lipinski definition) is 1. The summed E-state index contributed by atoms with van der Waals surface area (Å²) in [6.45, 7) is 4.07. The normalized spacial score (nSPS) is 11.6. The van der Waals surface area contributed by atoms with Crippen LogP contribution >= 0.6 is 0 Å². The van der Waals surface area contributed by atoms with Crippen LogP contribution in [0, 0.1) is 6.92 Å². The Morgan fingerprint density at radius 1 is 0.840 bits per heavy atom. The first-order valence-corrected chi connectivity index (χ1v) is 8.42. The largest absolute Gasteiger partial charge is 0.326 e. The molecular formula is C22H22N2O. The van der Waals surface area contributed by atoms with Crippen LogP contribution in [0.1, 0.15) is 24.1 Å². The highest BCUT2D eigenvalue weighted by Gasteiger charge is 2.23. The van der Waals surface area contributed by atoms with Crippen molar-refractivity contribution in [3.8, 4) is 0 Å². The minimum atomic E-state index is -0.147. The molecule has 1 atom stereocenters. The van der Waals surface area contributed by atoms with Crippen LogP contribution in [0.2, 0.25) is 0 Å². The number of urea groups is 1. The Balaban J connectivity index is 1.90. The minimum absolute atomic E-state index is 0.0888. The topological polar surface area (TPSA) is 32.3 Å². The number of carbonyl (C=O) groups is 1. The van der Waals surface area contributed by atoms with E-state index in [0.717, 1.165) is 22.5 Å². The molecule has 3 rings (SSSR count). The van der Waals surface area contributed by atoms with Gasteiger partial charge >= 0.3 is 6.03 Å². The van der Waals surface area contributed by atoms with Crippen molar-refractivity contribution in [1.82, 2.24) is 0 Å². The molecule has 0 saturated heterocycles. The van der Waals surface area contributed by atoms with Crippen LogP contribution in [0.5, 0.6) is 0 Å². The fourth-order valence-electron chi connectivity index (χ4n) is 2.81. The van der Waals surface area contributed by atoms with E-state index in [9.17, 15) is 4.79 Å². The number of carbonyl (C=O) groups excluding carboxylic acids is 1. The molecule has 0 radical (unpaired) electrons. The molecule has 0 aliphatic carbocycles. The fraction of sp³-hybridized carbons (Fsp3) is 0.136. The van der Waals surface area contributed by atoms with E-state index in [-0.39, 0.29) is 12.1 Å². The molecule has 3 nitrogen and oxygen atoms in total. The lowest BCUT2D eigenvalue weighted by Gasteiger charge is -2.30. The lowest BCUT2D eigenvalue weighted by atomic mass is 10.1. The second kappa shape index (κ2) is 7.67. The van der Waals surface area contributed by atoms with Crippen LogP contribution in [0.25, 0.3) is 0 Å². The SMILES string of the molecule is Cc1ccc(NC(=O)N(c2ccccc2)C(C)c2ccccc2)cc1. The molecule has 1 unspecified atom stereocenters. The third-order valence-electron chi connectivity index (χ3n) is 4.23. The van der Waals surface area contributed by atoms with Gasteiger partial charge in [0.15, 0.2) is 0 Å². The van der Waals surface area contributed by atoms with Gasteiger partial charge in [-0.05, 0) is 43.7 Å². The Kier molecular flexibility index (Phi) is 5.14. The van der Waals surface area contributed by atoms with Gasteiger partial charge in [-0.3, -0.25) is 4.90 Å². The van der Waals surface area contributed by atoms with Gasteiger partial charge in [0, 0.05) is 11.4 Å². The number of rotatable bonds is 4. The lowest BCUT2D eigenvalue weighted by molar-refractivity contribution is 0.255. The Labute approximate surface area is 148 Å². The molecular weight excluding hydrogens is 308 g/mol. The standard InChI is InChI=1S/C22H22N2O/c1-17-13-15-20(16-14-17)23-22(25)24(21-11-7-4-8-12-21)18(2)19-9-5-3-6-10-19/h3-16,18H,1-2H3,(H,23,25). The van der Waals surface area contributed by atoms with Gasteiger partial charge in [-0.25, -0.2) is 4.79 Å². The molecule has 0 spiro atoms. The van der Waals surface area contributed by atoms with Gasteiger partial charge in [-0.15, -0.1) is 0 Å². The Hall–Kier alpha value is -3.07. The summed E-state index contributed by atoms with van der Waals surface area (Å²) in [6.07, 6.45) is 0. The molecule has 0 saturated carbocycles. The summed E-state index contributed by atoms with van der Waals surface area (Å²) in [7, 11) is 0. The van der Waals surface area contributed by atoms with Gasteiger partial charge in [0.25, 0.3) is 0 Å². The lowest BCUT2D eigenvalue weighted by Crippen LogP contribution is -2.37. The number of nitrogens with one attached hydrogen (secondary N) is 1. The molecule has 25 heavy (non-hydrogen) atoms. The van der Waals surface area contributed by atoms with Crippen LogP contribution in [0.4, 0.5) is 16.2 Å². The second-order valence-electron chi connectivity index (χ2n) is 6.09. The highest BCUT2D eigenvalue weighted by molar-refractivity contribution is 6.02. The van der Waals surface area contributed by atoms with Gasteiger partial charge < -0.3 is 5.32 Å². The molecule has 0 aliphatic heterocycles. The number of aryl methyl sites for hydroxylation is 1. The quantitative estimate of drug-likeness (QED) is 0.644. The van der Waals surface area contributed by atoms with Gasteiger partial charge in [0.1, 0.15) is 0 Å². The molecule has 0 fully saturated rings. The summed E-state index contributed by atoms with van der Waals surface area (Å²) < 4.78 is 0. The third kappa shape index (κ3) is 4.07. The maximum absolute atomic E-state index is 13.0. The van der Waals surface area contributed by atoms with Crippen LogP contribution in [0.15, 0.2) is 84.9 Å². The van der Waals surface area contributed by atoms with Crippen molar-refractivity contribution in [2.75, 3.05) is 10.2 Å². The zero-order valence-electron chi connectivity index (χ0n) is 14.5. The molecule has 0 heterocycles. The van der Waals surface area contributed by atoms with Crippen molar-refractivity contribution >= 4 is 17.4 Å². The number of amides is 2. The molecule has 3 aromatic rings. The van der Waals surface area contributed by atoms with Gasteiger partial charge in [0.05, 0.1) is 6.04 Å². The predicted molar refractivity (Wildman–Crippen MR) is 104 cm³/mol. The first kappa shape index (κ1) is 16.8. The van der Waals surface area contributed by atoms with E-state index in [4.69, 9.17) is 0 Å². The molecule has 0 aliphatic rings. The predicted octanol–water partition coefficient (Wildman–Crippen LogP) is 5.79. The zero-order chi connectivity index (χ0) is 17.6. The smallest absolute Gasteiger partial charge is 0.308 e. The molecule has 0 aromatic heterocycles. The highest BCUT2D eigenvalue weighted by atomic mass is 16.2. The van der Waals surface area contributed by atoms with Crippen molar-refractivity contribution in [3.63, 3.8) is 0 Å². The van der Waals surface area contributed by atoms with Crippen molar-refractivity contribution in [1.29, 1.82) is 0 Å². The van der Waals surface area contributed by atoms with E-state index in [0.29, 0.717) is 0 Å². The number of benzene rings is 3. The van der Waals surface area contributed by atoms with Gasteiger partial charge in [-0.2, -0.15) is 0 Å². The molecule has 2 amide bonds. The highest BCUT2D eigenvalue weighted by Crippen LogP contribution is 2.27. The van der Waals surface area contributed by atoms with E-state index in [1.165, 1.54) is 0 Å². The number of hydrogen-bond acceptors (Lipinski definition) is 1. The third-order valence-corrected chi connectivity index (χ3v) is 4.23. The van der Waals surface area contributed by atoms with Crippen molar-refractivity contribution in [2.24, 2.45) is 0 Å². The first-order chi connectivity index (χ1) is 12.1. The molecule has 0 bridgehead atoms. The summed E-state index contributed by atoms with van der Waals surface area (Å²) in [4.78, 5) is 14.8. The summed E-state index contributed by atoms with van der Waals surface area (Å²) in [5.74, 6) is 0. The van der Waals surface area contributed by atoms with Crippen LogP contribution in [-0.4, -0.2) is 6.03 Å². The summed E-state index contributed by atoms with van der Waals surface area (Å²) in [6, 6.07) is 27.4. The Morgan fingerprint density at radius 2 is 1.40 bits per heavy atom. The number of nitrogens with zero attached hydrogens (tertiary/aromatic N) is 1. The zero-order valence-corrected chi connectivity index (χ0v) is 14.5.